The maximum absolute atomic E-state index is 14.0. The van der Waals surface area contributed by atoms with Gasteiger partial charge in [-0.1, -0.05) is 24.0 Å². The van der Waals surface area contributed by atoms with Crippen LogP contribution in [0, 0.1) is 18.8 Å². The van der Waals surface area contributed by atoms with Gasteiger partial charge in [0.05, 0.1) is 16.6 Å². The van der Waals surface area contributed by atoms with Crippen LogP contribution in [-0.4, -0.2) is 58.5 Å². The summed E-state index contributed by atoms with van der Waals surface area (Å²) in [5, 5.41) is 2.63. The summed E-state index contributed by atoms with van der Waals surface area (Å²) >= 11 is 0. The summed E-state index contributed by atoms with van der Waals surface area (Å²) in [4.78, 5) is 21.5. The predicted molar refractivity (Wildman–Crippen MR) is 154 cm³/mol. The Bertz CT molecular complexity index is 1670. The molecule has 1 saturated heterocycles. The number of amides is 1. The molecule has 0 aliphatic carbocycles. The number of carbonyl (C=O) groups is 1. The number of fused-ring (bicyclic) bond motifs is 1. The summed E-state index contributed by atoms with van der Waals surface area (Å²) < 4.78 is 43.7. The maximum atomic E-state index is 14.0. The summed E-state index contributed by atoms with van der Waals surface area (Å²) in [6, 6.07) is 14.6. The molecular formula is C31H31F3N6O. The Morgan fingerprint density at radius 1 is 1.00 bits per heavy atom. The van der Waals surface area contributed by atoms with E-state index in [9.17, 15) is 18.0 Å². The number of likely N-dealkylation sites (N-methyl/N-ethyl adjacent to an activating group) is 1. The Kier molecular flexibility index (Phi) is 7.76. The summed E-state index contributed by atoms with van der Waals surface area (Å²) in [7, 11) is 3.84. The average Bonchev–Trinajstić information content (AvgIpc) is 3.22. The number of nitrogens with zero attached hydrogens (tertiary/aromatic N) is 4. The minimum Gasteiger partial charge on any atom is -0.369 e. The van der Waals surface area contributed by atoms with E-state index in [1.165, 1.54) is 12.1 Å². The fourth-order valence-corrected chi connectivity index (χ4v) is 4.84. The molecule has 3 N–H and O–H groups in total. The van der Waals surface area contributed by atoms with Crippen molar-refractivity contribution in [3.63, 3.8) is 0 Å². The highest BCUT2D eigenvalue weighted by molar-refractivity contribution is 6.04. The van der Waals surface area contributed by atoms with Crippen LogP contribution in [0.25, 0.3) is 11.0 Å². The lowest BCUT2D eigenvalue weighted by Gasteiger charge is -2.33. The van der Waals surface area contributed by atoms with Gasteiger partial charge in [0.15, 0.2) is 0 Å². The first-order valence-corrected chi connectivity index (χ1v) is 13.2. The molecule has 1 fully saturated rings. The van der Waals surface area contributed by atoms with Crippen LogP contribution in [0.3, 0.4) is 0 Å². The third-order valence-electron chi connectivity index (χ3n) is 7.42. The van der Waals surface area contributed by atoms with Crippen LogP contribution in [0.2, 0.25) is 0 Å². The number of benzene rings is 3. The van der Waals surface area contributed by atoms with Crippen molar-refractivity contribution in [2.45, 2.75) is 19.6 Å². The average molecular weight is 561 g/mol. The monoisotopic (exact) mass is 560 g/mol. The minimum atomic E-state index is -4.54. The number of hydrogen-bond acceptors (Lipinski definition) is 5. The fraction of sp³-hybridized carbons (Fsp3) is 0.290. The van der Waals surface area contributed by atoms with Crippen molar-refractivity contribution in [1.29, 1.82) is 0 Å². The molecule has 4 aromatic rings. The van der Waals surface area contributed by atoms with Crippen LogP contribution < -0.4 is 11.1 Å². The molecule has 7 nitrogen and oxygen atoms in total. The lowest BCUT2D eigenvalue weighted by Crippen LogP contribution is -2.44. The summed E-state index contributed by atoms with van der Waals surface area (Å²) in [5.74, 6) is 6.09. The molecule has 0 saturated carbocycles. The number of aromatic nitrogens is 2. The number of anilines is 2. The highest BCUT2D eigenvalue weighted by Crippen LogP contribution is 2.35. The third kappa shape index (κ3) is 6.37. The number of aryl methyl sites for hydroxylation is 2. The van der Waals surface area contributed by atoms with E-state index in [0.29, 0.717) is 30.2 Å². The quantitative estimate of drug-likeness (QED) is 0.348. The molecule has 0 unspecified atom stereocenters. The SMILES string of the molecule is Cc1ccc(C(=O)Nc2ccc(CN3CCN(C)CC3)c(C(F)(F)F)c2)cc1C#Cc1ccc2c(c1)nc(N)n2C. The summed E-state index contributed by atoms with van der Waals surface area (Å²) in [5.41, 5.74) is 9.58. The van der Waals surface area contributed by atoms with Crippen LogP contribution in [-0.2, 0) is 19.8 Å². The number of alkyl halides is 3. The molecule has 0 spiro atoms. The molecule has 2 heterocycles. The fourth-order valence-electron chi connectivity index (χ4n) is 4.84. The summed E-state index contributed by atoms with van der Waals surface area (Å²) in [6.07, 6.45) is -4.54. The van der Waals surface area contributed by atoms with Crippen LogP contribution in [0.15, 0.2) is 54.6 Å². The molecule has 1 amide bonds. The number of nitrogen functional groups attached to an aromatic ring is 1. The van der Waals surface area contributed by atoms with Crippen molar-refractivity contribution in [2.24, 2.45) is 7.05 Å². The zero-order chi connectivity index (χ0) is 29.3. The second-order valence-corrected chi connectivity index (χ2v) is 10.4. The third-order valence-corrected chi connectivity index (χ3v) is 7.42. The first-order chi connectivity index (χ1) is 19.5. The Morgan fingerprint density at radius 2 is 1.76 bits per heavy atom. The zero-order valence-electron chi connectivity index (χ0n) is 23.1. The van der Waals surface area contributed by atoms with Crippen LogP contribution in [0.1, 0.15) is 38.2 Å². The van der Waals surface area contributed by atoms with Gasteiger partial charge < -0.3 is 20.5 Å². The Balaban J connectivity index is 1.34. The molecule has 3 aromatic carbocycles. The lowest BCUT2D eigenvalue weighted by molar-refractivity contribution is -0.138. The molecule has 1 aliphatic heterocycles. The molecule has 5 rings (SSSR count). The number of piperazine rings is 1. The van der Waals surface area contributed by atoms with Gasteiger partial charge in [-0.3, -0.25) is 9.69 Å². The normalized spacial score (nSPS) is 14.6. The molecule has 1 aromatic heterocycles. The molecule has 0 atom stereocenters. The van der Waals surface area contributed by atoms with Gasteiger partial charge in [-0.05, 0) is 67.6 Å². The molecular weight excluding hydrogens is 529 g/mol. The van der Waals surface area contributed by atoms with Gasteiger partial charge in [0, 0.05) is 62.1 Å². The van der Waals surface area contributed by atoms with Crippen molar-refractivity contribution < 1.29 is 18.0 Å². The van der Waals surface area contributed by atoms with E-state index in [2.05, 4.69) is 27.0 Å². The van der Waals surface area contributed by atoms with Crippen LogP contribution >= 0.6 is 0 Å². The molecule has 1 aliphatic rings. The highest BCUT2D eigenvalue weighted by Gasteiger charge is 2.34. The summed E-state index contributed by atoms with van der Waals surface area (Å²) in [6.45, 7) is 5.12. The smallest absolute Gasteiger partial charge is 0.369 e. The zero-order valence-corrected chi connectivity index (χ0v) is 23.1. The molecule has 0 radical (unpaired) electrons. The van der Waals surface area contributed by atoms with Gasteiger partial charge in [-0.2, -0.15) is 13.2 Å². The van der Waals surface area contributed by atoms with Crippen LogP contribution in [0.4, 0.5) is 24.8 Å². The van der Waals surface area contributed by atoms with Gasteiger partial charge in [-0.25, -0.2) is 4.98 Å². The number of nitrogens with one attached hydrogen (secondary N) is 1. The van der Waals surface area contributed by atoms with Crippen molar-refractivity contribution in [2.75, 3.05) is 44.3 Å². The van der Waals surface area contributed by atoms with Gasteiger partial charge in [0.25, 0.3) is 5.91 Å². The van der Waals surface area contributed by atoms with E-state index in [0.717, 1.165) is 41.3 Å². The first-order valence-electron chi connectivity index (χ1n) is 13.2. The van der Waals surface area contributed by atoms with Gasteiger partial charge >= 0.3 is 6.18 Å². The molecule has 10 heteroatoms. The molecule has 41 heavy (non-hydrogen) atoms. The van der Waals surface area contributed by atoms with E-state index in [1.807, 2.05) is 44.1 Å². The lowest BCUT2D eigenvalue weighted by atomic mass is 10.0. The Labute approximate surface area is 236 Å². The Morgan fingerprint density at radius 3 is 2.49 bits per heavy atom. The highest BCUT2D eigenvalue weighted by atomic mass is 19.4. The van der Waals surface area contributed by atoms with Crippen molar-refractivity contribution in [3.8, 4) is 11.8 Å². The van der Waals surface area contributed by atoms with E-state index in [-0.39, 0.29) is 17.8 Å². The first kappa shape index (κ1) is 28.2. The number of imidazole rings is 1. The Hall–Kier alpha value is -4.33. The topological polar surface area (TPSA) is 79.4 Å². The molecule has 0 bridgehead atoms. The second kappa shape index (κ2) is 11.3. The van der Waals surface area contributed by atoms with Gasteiger partial charge in [-0.15, -0.1) is 0 Å². The molecule has 212 valence electrons. The minimum absolute atomic E-state index is 0.0839. The maximum Gasteiger partial charge on any atom is 0.416 e. The van der Waals surface area contributed by atoms with Gasteiger partial charge in [0.2, 0.25) is 5.95 Å². The van der Waals surface area contributed by atoms with Crippen molar-refractivity contribution in [1.82, 2.24) is 19.4 Å². The van der Waals surface area contributed by atoms with Crippen molar-refractivity contribution >= 4 is 28.6 Å². The van der Waals surface area contributed by atoms with Gasteiger partial charge in [0.1, 0.15) is 0 Å². The number of carbonyl (C=O) groups excluding carboxylic acids is 1. The van der Waals surface area contributed by atoms with E-state index in [4.69, 9.17) is 5.73 Å². The number of hydrogen-bond donors (Lipinski definition) is 2. The largest absolute Gasteiger partial charge is 0.416 e. The van der Waals surface area contributed by atoms with E-state index >= 15 is 0 Å². The number of halogens is 3. The van der Waals surface area contributed by atoms with Crippen LogP contribution in [0.5, 0.6) is 0 Å². The van der Waals surface area contributed by atoms with Crippen molar-refractivity contribution in [3.05, 3.63) is 88.0 Å². The predicted octanol–water partition coefficient (Wildman–Crippen LogP) is 4.88. The van der Waals surface area contributed by atoms with E-state index < -0.39 is 17.6 Å². The van der Waals surface area contributed by atoms with E-state index in [1.54, 1.807) is 22.8 Å². The number of nitrogens with two attached hydrogens (primary N) is 1. The number of rotatable bonds is 4. The second-order valence-electron chi connectivity index (χ2n) is 10.4. The standard InChI is InChI=1S/C31H31F3N6O/c1-20-4-7-23(17-22(20)8-5-21-6-11-28-27(16-21)37-30(35)39(28)3)29(41)36-25-10-9-24(26(18-25)31(32,33)34)19-40-14-12-38(2)13-15-40/h4,6-7,9-11,16-18H,12-15,19H2,1-3H3,(H2,35,37)(H,36,41).